The zero-order valence-corrected chi connectivity index (χ0v) is 11.8. The summed E-state index contributed by atoms with van der Waals surface area (Å²) in [4.78, 5) is 4.49. The van der Waals surface area contributed by atoms with Crippen LogP contribution in [0.3, 0.4) is 0 Å². The monoisotopic (exact) mass is 259 g/mol. The van der Waals surface area contributed by atoms with Gasteiger partial charge in [0.05, 0.1) is 13.2 Å². The van der Waals surface area contributed by atoms with E-state index in [0.717, 1.165) is 24.5 Å². The Morgan fingerprint density at radius 2 is 2.05 bits per heavy atom. The second-order valence-electron chi connectivity index (χ2n) is 4.47. The van der Waals surface area contributed by atoms with Crippen molar-refractivity contribution < 1.29 is 4.74 Å². The van der Waals surface area contributed by atoms with Gasteiger partial charge >= 0.3 is 0 Å². The van der Waals surface area contributed by atoms with E-state index >= 15 is 0 Å². The Kier molecular flexibility index (Phi) is 4.58. The molecule has 102 valence electrons. The van der Waals surface area contributed by atoms with Crippen LogP contribution in [-0.4, -0.2) is 23.7 Å². The Balaban J connectivity index is 2.29. The molecule has 0 spiro atoms. The highest BCUT2D eigenvalue weighted by molar-refractivity contribution is 5.32. The fourth-order valence-electron chi connectivity index (χ4n) is 2.25. The highest BCUT2D eigenvalue weighted by atomic mass is 16.5. The molecule has 1 aromatic carbocycles. The summed E-state index contributed by atoms with van der Waals surface area (Å²) in [6, 6.07) is 8.21. The minimum atomic E-state index is 0.104. The van der Waals surface area contributed by atoms with Crippen molar-refractivity contribution in [2.24, 2.45) is 0 Å². The minimum absolute atomic E-state index is 0.104. The molecular formula is C15H21N3O. The molecule has 0 fully saturated rings. The summed E-state index contributed by atoms with van der Waals surface area (Å²) >= 11 is 0. The fraction of sp³-hybridized carbons (Fsp3) is 0.400. The lowest BCUT2D eigenvalue weighted by atomic mass is 10.1. The minimum Gasteiger partial charge on any atom is -0.497 e. The normalized spacial score (nSPS) is 12.4. The highest BCUT2D eigenvalue weighted by Crippen LogP contribution is 2.22. The Morgan fingerprint density at radius 3 is 2.63 bits per heavy atom. The van der Waals surface area contributed by atoms with E-state index in [1.807, 2.05) is 31.6 Å². The van der Waals surface area contributed by atoms with Crippen LogP contribution in [0.15, 0.2) is 36.7 Å². The fourth-order valence-corrected chi connectivity index (χ4v) is 2.25. The molecule has 0 aliphatic heterocycles. The number of aryl methyl sites for hydroxylation is 1. The van der Waals surface area contributed by atoms with E-state index in [2.05, 4.69) is 33.9 Å². The van der Waals surface area contributed by atoms with Gasteiger partial charge in [0.2, 0.25) is 0 Å². The van der Waals surface area contributed by atoms with Crippen LogP contribution in [0.25, 0.3) is 0 Å². The molecule has 1 aromatic heterocycles. The molecule has 4 nitrogen and oxygen atoms in total. The van der Waals surface area contributed by atoms with Gasteiger partial charge in [-0.15, -0.1) is 0 Å². The Bertz CT molecular complexity index is 504. The predicted molar refractivity (Wildman–Crippen MR) is 76.4 cm³/mol. The summed E-state index contributed by atoms with van der Waals surface area (Å²) in [6.07, 6.45) is 4.99. The second kappa shape index (κ2) is 6.38. The molecule has 1 atom stereocenters. The summed E-state index contributed by atoms with van der Waals surface area (Å²) in [6.45, 7) is 3.16. The van der Waals surface area contributed by atoms with Gasteiger partial charge in [-0.3, -0.25) is 0 Å². The van der Waals surface area contributed by atoms with Crippen molar-refractivity contribution >= 4 is 0 Å². The van der Waals surface area contributed by atoms with Crippen LogP contribution in [0.2, 0.25) is 0 Å². The van der Waals surface area contributed by atoms with Crippen LogP contribution in [0.4, 0.5) is 0 Å². The first kappa shape index (κ1) is 13.6. The maximum Gasteiger partial charge on any atom is 0.130 e. The number of ether oxygens (including phenoxy) is 1. The maximum atomic E-state index is 5.19. The molecule has 1 N–H and O–H groups in total. The lowest BCUT2D eigenvalue weighted by Gasteiger charge is -2.18. The molecule has 0 aliphatic rings. The van der Waals surface area contributed by atoms with Gasteiger partial charge in [-0.1, -0.05) is 19.1 Å². The highest BCUT2D eigenvalue weighted by Gasteiger charge is 2.17. The number of imidazole rings is 1. The molecule has 0 radical (unpaired) electrons. The summed E-state index contributed by atoms with van der Waals surface area (Å²) in [5.74, 6) is 1.92. The molecule has 2 aromatic rings. The zero-order chi connectivity index (χ0) is 13.7. The van der Waals surface area contributed by atoms with Crippen molar-refractivity contribution in [3.63, 3.8) is 0 Å². The van der Waals surface area contributed by atoms with Crippen LogP contribution in [0.1, 0.15) is 30.8 Å². The Morgan fingerprint density at radius 1 is 1.32 bits per heavy atom. The van der Waals surface area contributed by atoms with E-state index in [-0.39, 0.29) is 6.04 Å². The van der Waals surface area contributed by atoms with E-state index in [1.54, 1.807) is 7.11 Å². The first-order chi connectivity index (χ1) is 9.30. The first-order valence-corrected chi connectivity index (χ1v) is 6.62. The van der Waals surface area contributed by atoms with E-state index in [9.17, 15) is 0 Å². The lowest BCUT2D eigenvalue weighted by Crippen LogP contribution is -2.22. The topological polar surface area (TPSA) is 39.1 Å². The van der Waals surface area contributed by atoms with Gasteiger partial charge in [0.1, 0.15) is 11.6 Å². The molecule has 19 heavy (non-hydrogen) atoms. The Hall–Kier alpha value is -1.81. The number of nitrogens with one attached hydrogen (secondary N) is 1. The average Bonchev–Trinajstić information content (AvgIpc) is 2.89. The maximum absolute atomic E-state index is 5.19. The number of methoxy groups -OCH3 is 1. The van der Waals surface area contributed by atoms with Crippen LogP contribution < -0.4 is 10.1 Å². The van der Waals surface area contributed by atoms with Crippen molar-refractivity contribution in [1.82, 2.24) is 14.9 Å². The molecule has 0 amide bonds. The third-order valence-corrected chi connectivity index (χ3v) is 3.21. The number of hydrogen-bond donors (Lipinski definition) is 1. The molecule has 1 heterocycles. The molecule has 4 heteroatoms. The summed E-state index contributed by atoms with van der Waals surface area (Å²) < 4.78 is 7.39. The quantitative estimate of drug-likeness (QED) is 0.866. The van der Waals surface area contributed by atoms with Crippen LogP contribution in [-0.2, 0) is 6.54 Å². The zero-order valence-electron chi connectivity index (χ0n) is 11.8. The number of nitrogens with zero attached hydrogens (tertiary/aromatic N) is 2. The van der Waals surface area contributed by atoms with Crippen LogP contribution in [0.5, 0.6) is 5.75 Å². The second-order valence-corrected chi connectivity index (χ2v) is 4.47. The van der Waals surface area contributed by atoms with Crippen molar-refractivity contribution in [2.75, 3.05) is 14.2 Å². The largest absolute Gasteiger partial charge is 0.497 e. The van der Waals surface area contributed by atoms with Crippen molar-refractivity contribution in [2.45, 2.75) is 25.9 Å². The van der Waals surface area contributed by atoms with Gasteiger partial charge < -0.3 is 14.6 Å². The van der Waals surface area contributed by atoms with Crippen LogP contribution in [0, 0.1) is 0 Å². The van der Waals surface area contributed by atoms with E-state index < -0.39 is 0 Å². The van der Waals surface area contributed by atoms with Crippen molar-refractivity contribution in [1.29, 1.82) is 0 Å². The molecular weight excluding hydrogens is 238 g/mol. The van der Waals surface area contributed by atoms with Gasteiger partial charge in [0.25, 0.3) is 0 Å². The summed E-state index contributed by atoms with van der Waals surface area (Å²) in [7, 11) is 3.64. The molecule has 0 saturated heterocycles. The first-order valence-electron chi connectivity index (χ1n) is 6.62. The van der Waals surface area contributed by atoms with Crippen molar-refractivity contribution in [3.8, 4) is 5.75 Å². The third-order valence-electron chi connectivity index (χ3n) is 3.21. The molecule has 2 rings (SSSR count). The standard InChI is InChI=1S/C15H21N3O/c1-4-10-18-11-9-17-15(18)14(16-2)12-5-7-13(19-3)8-6-12/h5-9,11,14,16H,4,10H2,1-3H3. The lowest BCUT2D eigenvalue weighted by molar-refractivity contribution is 0.414. The third kappa shape index (κ3) is 2.96. The number of rotatable bonds is 6. The smallest absolute Gasteiger partial charge is 0.130 e. The van der Waals surface area contributed by atoms with Gasteiger partial charge in [-0.25, -0.2) is 4.98 Å². The van der Waals surface area contributed by atoms with Crippen LogP contribution >= 0.6 is 0 Å². The Labute approximate surface area is 114 Å². The molecule has 1 unspecified atom stereocenters. The average molecular weight is 259 g/mol. The van der Waals surface area contributed by atoms with Gasteiger partial charge in [0, 0.05) is 18.9 Å². The number of hydrogen-bond acceptors (Lipinski definition) is 3. The summed E-state index contributed by atoms with van der Waals surface area (Å²) in [5.41, 5.74) is 1.19. The van der Waals surface area contributed by atoms with E-state index in [1.165, 1.54) is 5.56 Å². The molecule has 0 saturated carbocycles. The number of aromatic nitrogens is 2. The molecule has 0 aliphatic carbocycles. The van der Waals surface area contributed by atoms with Gasteiger partial charge in [-0.05, 0) is 31.2 Å². The van der Waals surface area contributed by atoms with Gasteiger partial charge in [0.15, 0.2) is 0 Å². The summed E-state index contributed by atoms with van der Waals surface area (Å²) in [5, 5.41) is 3.33. The van der Waals surface area contributed by atoms with Gasteiger partial charge in [-0.2, -0.15) is 0 Å². The number of benzene rings is 1. The predicted octanol–water partition coefficient (Wildman–Crippen LogP) is 2.61. The SMILES string of the molecule is CCCn1ccnc1C(NC)c1ccc(OC)cc1. The van der Waals surface area contributed by atoms with Crippen molar-refractivity contribution in [3.05, 3.63) is 48.0 Å². The van der Waals surface area contributed by atoms with E-state index in [4.69, 9.17) is 4.74 Å². The molecule has 0 bridgehead atoms. The van der Waals surface area contributed by atoms with E-state index in [0.29, 0.717) is 0 Å².